The van der Waals surface area contributed by atoms with Gasteiger partial charge >= 0.3 is 5.97 Å². The number of carbonyl (C=O) groups is 1. The molecule has 5 heterocycles. The average Bonchev–Trinajstić information content (AvgIpc) is 2.97. The number of hydrogen-bond donors (Lipinski definition) is 1. The summed E-state index contributed by atoms with van der Waals surface area (Å²) in [4.78, 5) is 16.6. The van der Waals surface area contributed by atoms with Crippen LogP contribution in [-0.4, -0.2) is 53.4 Å². The molecule has 2 bridgehead atoms. The molecule has 5 rings (SSSR count). The lowest BCUT2D eigenvalue weighted by Gasteiger charge is -2.38. The van der Waals surface area contributed by atoms with E-state index in [1.807, 2.05) is 22.9 Å². The van der Waals surface area contributed by atoms with Crippen LogP contribution in [0.1, 0.15) is 22.6 Å². The number of carbonyl (C=O) groups excluding carboxylic acids is 1. The van der Waals surface area contributed by atoms with Gasteiger partial charge in [0, 0.05) is 24.9 Å². The van der Waals surface area contributed by atoms with E-state index < -0.39 is 11.6 Å². The van der Waals surface area contributed by atoms with Gasteiger partial charge in [-0.2, -0.15) is 0 Å². The lowest BCUT2D eigenvalue weighted by atomic mass is 9.97. The second kappa shape index (κ2) is 5.62. The van der Waals surface area contributed by atoms with Crippen molar-refractivity contribution in [3.8, 4) is 0 Å². The molecule has 5 atom stereocenters. The van der Waals surface area contributed by atoms with E-state index in [-0.39, 0.29) is 6.10 Å². The summed E-state index contributed by atoms with van der Waals surface area (Å²) in [6.45, 7) is 0. The maximum Gasteiger partial charge on any atom is 0.349 e. The number of hydrogen-bond acceptors (Lipinski definition) is 7. The van der Waals surface area contributed by atoms with E-state index >= 15 is 0 Å². The smallest absolute Gasteiger partial charge is 0.349 e. The molecule has 3 unspecified atom stereocenters. The van der Waals surface area contributed by atoms with Crippen molar-refractivity contribution in [3.05, 3.63) is 44.8 Å². The van der Waals surface area contributed by atoms with Crippen molar-refractivity contribution in [1.29, 1.82) is 0 Å². The molecule has 7 heteroatoms. The van der Waals surface area contributed by atoms with Gasteiger partial charge in [0.15, 0.2) is 0 Å². The van der Waals surface area contributed by atoms with Gasteiger partial charge in [0.1, 0.15) is 18.3 Å². The molecule has 3 fully saturated rings. The Kier molecular flexibility index (Phi) is 3.59. The summed E-state index contributed by atoms with van der Waals surface area (Å²) in [7, 11) is 2.12. The lowest BCUT2D eigenvalue weighted by molar-refractivity contribution is -0.171. The first-order valence-electron chi connectivity index (χ1n) is 8.48. The summed E-state index contributed by atoms with van der Waals surface area (Å²) in [5, 5.41) is 15.0. The van der Waals surface area contributed by atoms with Gasteiger partial charge in [-0.3, -0.25) is 4.90 Å². The number of esters is 1. The lowest BCUT2D eigenvalue weighted by Crippen LogP contribution is -2.49. The number of fused-ring (bicyclic) bond motifs is 5. The second-order valence-corrected chi connectivity index (χ2v) is 8.92. The van der Waals surface area contributed by atoms with Crippen molar-refractivity contribution in [2.75, 3.05) is 7.05 Å². The molecule has 0 spiro atoms. The molecule has 0 radical (unpaired) electrons. The van der Waals surface area contributed by atoms with Gasteiger partial charge < -0.3 is 14.6 Å². The topological polar surface area (TPSA) is 62.3 Å². The van der Waals surface area contributed by atoms with Crippen LogP contribution in [0.15, 0.2) is 35.0 Å². The highest BCUT2D eigenvalue weighted by Gasteiger charge is 2.63. The Balaban J connectivity index is 1.39. The highest BCUT2D eigenvalue weighted by atomic mass is 32.1. The predicted molar refractivity (Wildman–Crippen MR) is 94.8 cm³/mol. The monoisotopic (exact) mass is 377 g/mol. The third-order valence-electron chi connectivity index (χ3n) is 5.70. The number of epoxide rings is 1. The van der Waals surface area contributed by atoms with E-state index in [4.69, 9.17) is 9.47 Å². The molecule has 0 amide bonds. The van der Waals surface area contributed by atoms with Crippen molar-refractivity contribution in [2.24, 2.45) is 0 Å². The highest BCUT2D eigenvalue weighted by Crippen LogP contribution is 2.48. The van der Waals surface area contributed by atoms with Crippen molar-refractivity contribution in [3.63, 3.8) is 0 Å². The van der Waals surface area contributed by atoms with E-state index in [9.17, 15) is 9.90 Å². The molecule has 0 saturated carbocycles. The quantitative estimate of drug-likeness (QED) is 0.654. The average molecular weight is 377 g/mol. The van der Waals surface area contributed by atoms with Crippen LogP contribution in [0.3, 0.4) is 0 Å². The molecule has 3 saturated heterocycles. The summed E-state index contributed by atoms with van der Waals surface area (Å²) in [5.41, 5.74) is -1.72. The van der Waals surface area contributed by atoms with Gasteiger partial charge in [0.25, 0.3) is 0 Å². The Hall–Kier alpha value is -1.25. The predicted octanol–water partition coefficient (Wildman–Crippen LogP) is 2.20. The summed E-state index contributed by atoms with van der Waals surface area (Å²) in [5.74, 6) is -0.569. The van der Waals surface area contributed by atoms with Gasteiger partial charge in [-0.15, -0.1) is 22.7 Å². The number of likely N-dealkylation sites (N-methyl/N-ethyl adjacent to an activating group) is 1. The van der Waals surface area contributed by atoms with E-state index in [0.717, 1.165) is 12.8 Å². The third kappa shape index (κ3) is 2.34. The van der Waals surface area contributed by atoms with Crippen LogP contribution < -0.4 is 0 Å². The number of morpholine rings is 1. The SMILES string of the molecule is CN1C2CC(OC(=O)C(O)(c3cccs3)c3cccs3)C[C@H]1[C@H]1OC21. The maximum atomic E-state index is 13.0. The Morgan fingerprint density at radius 1 is 1.20 bits per heavy atom. The van der Waals surface area contributed by atoms with Crippen molar-refractivity contribution < 1.29 is 19.4 Å². The van der Waals surface area contributed by atoms with Crippen molar-refractivity contribution >= 4 is 28.6 Å². The maximum absolute atomic E-state index is 13.0. The molecule has 25 heavy (non-hydrogen) atoms. The molecule has 5 nitrogen and oxygen atoms in total. The number of ether oxygens (including phenoxy) is 2. The van der Waals surface area contributed by atoms with Crippen molar-refractivity contribution in [1.82, 2.24) is 4.90 Å². The Morgan fingerprint density at radius 3 is 2.24 bits per heavy atom. The third-order valence-corrected chi connectivity index (χ3v) is 7.66. The van der Waals surface area contributed by atoms with Gasteiger partial charge in [0.2, 0.25) is 5.60 Å². The number of rotatable bonds is 4. The first-order valence-corrected chi connectivity index (χ1v) is 10.2. The van der Waals surface area contributed by atoms with Crippen LogP contribution >= 0.6 is 22.7 Å². The van der Waals surface area contributed by atoms with Gasteiger partial charge in [0.05, 0.1) is 9.75 Å². The highest BCUT2D eigenvalue weighted by molar-refractivity contribution is 7.12. The number of thiophene rings is 2. The zero-order valence-corrected chi connectivity index (χ0v) is 15.3. The molecule has 2 aromatic heterocycles. The largest absolute Gasteiger partial charge is 0.460 e. The Morgan fingerprint density at radius 2 is 1.76 bits per heavy atom. The fraction of sp³-hybridized carbons (Fsp3) is 0.500. The van der Waals surface area contributed by atoms with Gasteiger partial charge in [-0.1, -0.05) is 12.1 Å². The molecular formula is C18H19NO4S2. The van der Waals surface area contributed by atoms with E-state index in [1.54, 1.807) is 12.1 Å². The molecule has 2 aromatic rings. The zero-order chi connectivity index (χ0) is 17.2. The normalized spacial score (nSPS) is 33.9. The van der Waals surface area contributed by atoms with E-state index in [1.165, 1.54) is 22.7 Å². The van der Waals surface area contributed by atoms with Crippen LogP contribution in [0.2, 0.25) is 0 Å². The van der Waals surface area contributed by atoms with Crippen LogP contribution in [0, 0.1) is 0 Å². The molecule has 3 aliphatic heterocycles. The summed E-state index contributed by atoms with van der Waals surface area (Å²) in [6.07, 6.45) is 1.97. The molecule has 132 valence electrons. The van der Waals surface area contributed by atoms with Crippen molar-refractivity contribution in [2.45, 2.75) is 48.8 Å². The summed E-state index contributed by atoms with van der Waals surface area (Å²) < 4.78 is 11.5. The first-order chi connectivity index (χ1) is 12.1. The number of piperidine rings is 1. The minimum Gasteiger partial charge on any atom is -0.460 e. The first kappa shape index (κ1) is 16.0. The minimum atomic E-state index is -1.72. The number of aliphatic hydroxyl groups is 1. The molecule has 0 aliphatic carbocycles. The number of nitrogens with zero attached hydrogens (tertiary/aromatic N) is 1. The standard InChI is InChI=1S/C18H19NO4S2/c1-19-11-8-10(9-12(19)16-15(11)23-16)22-17(20)18(21,13-4-2-6-24-13)14-5-3-7-25-14/h2-7,10-12,15-16,21H,8-9H2,1H3/t10?,11-,12?,15+,16?/m0/s1. The van der Waals surface area contributed by atoms with Gasteiger partial charge in [-0.05, 0) is 29.9 Å². The minimum absolute atomic E-state index is 0.165. The Labute approximate surface area is 153 Å². The Bertz CT molecular complexity index is 723. The van der Waals surface area contributed by atoms with Crippen LogP contribution in [-0.2, 0) is 19.9 Å². The van der Waals surface area contributed by atoms with Crippen LogP contribution in [0.5, 0.6) is 0 Å². The van der Waals surface area contributed by atoms with E-state index in [2.05, 4.69) is 11.9 Å². The fourth-order valence-corrected chi connectivity index (χ4v) is 6.04. The van der Waals surface area contributed by atoms with Crippen LogP contribution in [0.25, 0.3) is 0 Å². The summed E-state index contributed by atoms with van der Waals surface area (Å²) in [6, 6.07) is 7.88. The second-order valence-electron chi connectivity index (χ2n) is 7.03. The summed E-state index contributed by atoms with van der Waals surface area (Å²) >= 11 is 2.73. The molecule has 3 aliphatic rings. The zero-order valence-electron chi connectivity index (χ0n) is 13.7. The van der Waals surface area contributed by atoms with Gasteiger partial charge in [-0.25, -0.2) is 4.79 Å². The molecular weight excluding hydrogens is 358 g/mol. The van der Waals surface area contributed by atoms with Crippen LogP contribution in [0.4, 0.5) is 0 Å². The molecule has 0 aromatic carbocycles. The van der Waals surface area contributed by atoms with E-state index in [0.29, 0.717) is 34.0 Å². The fourth-order valence-electron chi connectivity index (χ4n) is 4.32. The molecule has 1 N–H and O–H groups in total.